The monoisotopic (exact) mass is 359 g/mol. The van der Waals surface area contributed by atoms with Gasteiger partial charge in [-0.25, -0.2) is 4.79 Å². The number of benzene rings is 1. The van der Waals surface area contributed by atoms with Crippen LogP contribution in [0.15, 0.2) is 33.9 Å². The van der Waals surface area contributed by atoms with Crippen LogP contribution in [0.5, 0.6) is 0 Å². The first-order chi connectivity index (χ1) is 12.6. The van der Waals surface area contributed by atoms with Gasteiger partial charge in [0.1, 0.15) is 6.54 Å². The standard InChI is InChI=1S/C19H26N4O3/c1-3-9-22-18(25)15-7-5-6-8-16(15)23(19(22)26)14-17(24)21-12-10-20(4-2)11-13-21/h5-8H,3-4,9-14H2,1-2H3/p+1. The smallest absolute Gasteiger partial charge is 0.331 e. The van der Waals surface area contributed by atoms with E-state index in [4.69, 9.17) is 0 Å². The van der Waals surface area contributed by atoms with Crippen LogP contribution in [0.4, 0.5) is 0 Å². The molecule has 0 radical (unpaired) electrons. The van der Waals surface area contributed by atoms with E-state index in [0.717, 1.165) is 19.6 Å². The zero-order chi connectivity index (χ0) is 18.7. The van der Waals surface area contributed by atoms with E-state index in [-0.39, 0.29) is 18.0 Å². The Bertz CT molecular complexity index is 907. The quantitative estimate of drug-likeness (QED) is 0.769. The number of quaternary nitrogens is 1. The van der Waals surface area contributed by atoms with Crippen molar-refractivity contribution in [1.29, 1.82) is 0 Å². The third-order valence-electron chi connectivity index (χ3n) is 5.20. The van der Waals surface area contributed by atoms with E-state index in [2.05, 4.69) is 6.92 Å². The molecular weight excluding hydrogens is 332 g/mol. The Labute approximate surface area is 152 Å². The van der Waals surface area contributed by atoms with Crippen molar-refractivity contribution < 1.29 is 9.69 Å². The van der Waals surface area contributed by atoms with E-state index in [1.165, 1.54) is 14.0 Å². The van der Waals surface area contributed by atoms with Crippen molar-refractivity contribution in [1.82, 2.24) is 14.0 Å². The van der Waals surface area contributed by atoms with Crippen molar-refractivity contribution in [3.63, 3.8) is 0 Å². The van der Waals surface area contributed by atoms with Gasteiger partial charge in [-0.3, -0.25) is 18.7 Å². The average molecular weight is 359 g/mol. The summed E-state index contributed by atoms with van der Waals surface area (Å²) in [6, 6.07) is 7.02. The highest BCUT2D eigenvalue weighted by molar-refractivity contribution is 5.81. The number of fused-ring (bicyclic) bond motifs is 1. The predicted molar refractivity (Wildman–Crippen MR) is 101 cm³/mol. The van der Waals surface area contributed by atoms with Gasteiger partial charge in [0.15, 0.2) is 0 Å². The first kappa shape index (κ1) is 18.4. The molecule has 1 fully saturated rings. The molecule has 3 rings (SSSR count). The molecule has 1 aliphatic heterocycles. The van der Waals surface area contributed by atoms with Gasteiger partial charge in [-0.05, 0) is 25.5 Å². The Morgan fingerprint density at radius 1 is 1.08 bits per heavy atom. The Hall–Kier alpha value is -2.41. The van der Waals surface area contributed by atoms with Crippen molar-refractivity contribution in [3.05, 3.63) is 45.1 Å². The topological polar surface area (TPSA) is 68.8 Å². The molecule has 2 heterocycles. The van der Waals surface area contributed by atoms with Gasteiger partial charge in [0.05, 0.1) is 43.6 Å². The van der Waals surface area contributed by atoms with E-state index < -0.39 is 5.69 Å². The molecule has 1 aliphatic rings. The molecule has 1 saturated heterocycles. The maximum Gasteiger partial charge on any atom is 0.331 e. The van der Waals surface area contributed by atoms with Gasteiger partial charge in [0, 0.05) is 6.54 Å². The number of hydrogen-bond donors (Lipinski definition) is 1. The average Bonchev–Trinajstić information content (AvgIpc) is 2.68. The van der Waals surface area contributed by atoms with Crippen LogP contribution in [0.3, 0.4) is 0 Å². The van der Waals surface area contributed by atoms with Gasteiger partial charge in [-0.1, -0.05) is 19.1 Å². The lowest BCUT2D eigenvalue weighted by molar-refractivity contribution is -0.902. The lowest BCUT2D eigenvalue weighted by Crippen LogP contribution is -3.14. The summed E-state index contributed by atoms with van der Waals surface area (Å²) in [6.45, 7) is 8.77. The number of nitrogens with zero attached hydrogens (tertiary/aromatic N) is 3. The van der Waals surface area contributed by atoms with Crippen LogP contribution >= 0.6 is 0 Å². The summed E-state index contributed by atoms with van der Waals surface area (Å²) in [5.74, 6) is -0.0610. The van der Waals surface area contributed by atoms with Crippen LogP contribution in [0.25, 0.3) is 10.9 Å². The molecule has 0 bridgehead atoms. The number of amides is 1. The second-order valence-corrected chi connectivity index (χ2v) is 6.83. The highest BCUT2D eigenvalue weighted by Crippen LogP contribution is 2.08. The molecule has 7 heteroatoms. The van der Waals surface area contributed by atoms with Crippen LogP contribution in [-0.4, -0.2) is 52.7 Å². The number of hydrogen-bond acceptors (Lipinski definition) is 3. The molecule has 0 saturated carbocycles. The van der Waals surface area contributed by atoms with Gasteiger partial charge < -0.3 is 9.80 Å². The first-order valence-electron chi connectivity index (χ1n) is 9.40. The number of rotatable bonds is 5. The molecule has 7 nitrogen and oxygen atoms in total. The highest BCUT2D eigenvalue weighted by atomic mass is 16.2. The summed E-state index contributed by atoms with van der Waals surface area (Å²) < 4.78 is 2.70. The molecule has 0 atom stereocenters. The number of nitrogens with one attached hydrogen (secondary N) is 1. The SMILES string of the molecule is CCCn1c(=O)c2ccccc2n(CC(=O)N2CC[NH+](CC)CC2)c1=O. The lowest BCUT2D eigenvalue weighted by Gasteiger charge is -2.31. The summed E-state index contributed by atoms with van der Waals surface area (Å²) in [5, 5.41) is 0.480. The molecule has 1 N–H and O–H groups in total. The Kier molecular flexibility index (Phi) is 5.56. The number of para-hydroxylation sites is 1. The molecule has 1 amide bonds. The summed E-state index contributed by atoms with van der Waals surface area (Å²) in [5.41, 5.74) is -0.154. The second kappa shape index (κ2) is 7.86. The minimum Gasteiger partial charge on any atom is -0.332 e. The molecule has 140 valence electrons. The highest BCUT2D eigenvalue weighted by Gasteiger charge is 2.24. The summed E-state index contributed by atoms with van der Waals surface area (Å²) in [7, 11) is 0. The zero-order valence-corrected chi connectivity index (χ0v) is 15.5. The van der Waals surface area contributed by atoms with E-state index >= 15 is 0 Å². The lowest BCUT2D eigenvalue weighted by atomic mass is 10.2. The Morgan fingerprint density at radius 3 is 2.42 bits per heavy atom. The van der Waals surface area contributed by atoms with Crippen molar-refractivity contribution in [3.8, 4) is 0 Å². The third-order valence-corrected chi connectivity index (χ3v) is 5.20. The molecular formula is C19H27N4O3+. The summed E-state index contributed by atoms with van der Waals surface area (Å²) >= 11 is 0. The van der Waals surface area contributed by atoms with Gasteiger partial charge in [-0.2, -0.15) is 0 Å². The number of aromatic nitrogens is 2. The third kappa shape index (κ3) is 3.44. The van der Waals surface area contributed by atoms with Gasteiger partial charge in [-0.15, -0.1) is 0 Å². The molecule has 0 unspecified atom stereocenters. The van der Waals surface area contributed by atoms with Crippen LogP contribution in [0.2, 0.25) is 0 Å². The van der Waals surface area contributed by atoms with Gasteiger partial charge in [0.2, 0.25) is 5.91 Å². The molecule has 26 heavy (non-hydrogen) atoms. The molecule has 1 aromatic heterocycles. The molecule has 0 aliphatic carbocycles. The van der Waals surface area contributed by atoms with E-state index in [0.29, 0.717) is 37.0 Å². The minimum atomic E-state index is -0.401. The normalized spacial score (nSPS) is 15.5. The molecule has 0 spiro atoms. The van der Waals surface area contributed by atoms with Crippen LogP contribution in [0, 0.1) is 0 Å². The van der Waals surface area contributed by atoms with Crippen molar-refractivity contribution in [2.24, 2.45) is 0 Å². The number of likely N-dealkylation sites (N-methyl/N-ethyl adjacent to an activating group) is 1. The second-order valence-electron chi connectivity index (χ2n) is 6.83. The fourth-order valence-corrected chi connectivity index (χ4v) is 3.61. The maximum atomic E-state index is 12.9. The Balaban J connectivity index is 1.96. The van der Waals surface area contributed by atoms with Crippen molar-refractivity contribution >= 4 is 16.8 Å². The van der Waals surface area contributed by atoms with Gasteiger partial charge >= 0.3 is 5.69 Å². The van der Waals surface area contributed by atoms with E-state index in [9.17, 15) is 14.4 Å². The number of piperazine rings is 1. The Morgan fingerprint density at radius 2 is 1.77 bits per heavy atom. The molecule has 2 aromatic rings. The van der Waals surface area contributed by atoms with Crippen LogP contribution in [-0.2, 0) is 17.9 Å². The van der Waals surface area contributed by atoms with Crippen LogP contribution in [0.1, 0.15) is 20.3 Å². The first-order valence-corrected chi connectivity index (χ1v) is 9.40. The van der Waals surface area contributed by atoms with Crippen LogP contribution < -0.4 is 16.1 Å². The van der Waals surface area contributed by atoms with E-state index in [1.807, 2.05) is 11.8 Å². The fourth-order valence-electron chi connectivity index (χ4n) is 3.61. The van der Waals surface area contributed by atoms with Gasteiger partial charge in [0.25, 0.3) is 5.56 Å². The number of carbonyl (C=O) groups is 1. The largest absolute Gasteiger partial charge is 0.332 e. The maximum absolute atomic E-state index is 12.9. The number of carbonyl (C=O) groups excluding carboxylic acids is 1. The summed E-state index contributed by atoms with van der Waals surface area (Å²) in [4.78, 5) is 41.6. The van der Waals surface area contributed by atoms with Crippen molar-refractivity contribution in [2.75, 3.05) is 32.7 Å². The zero-order valence-electron chi connectivity index (χ0n) is 15.5. The molecule has 1 aromatic carbocycles. The fraction of sp³-hybridized carbons (Fsp3) is 0.526. The van der Waals surface area contributed by atoms with Crippen molar-refractivity contribution in [2.45, 2.75) is 33.4 Å². The predicted octanol–water partition coefficient (Wildman–Crippen LogP) is -0.680. The minimum absolute atomic E-state index is 0.0230. The van der Waals surface area contributed by atoms with E-state index in [1.54, 1.807) is 24.3 Å². The summed E-state index contributed by atoms with van der Waals surface area (Å²) in [6.07, 6.45) is 0.684.